The minimum Gasteiger partial charge on any atom is -0.283 e. The molecule has 3 rings (SSSR count). The van der Waals surface area contributed by atoms with E-state index in [9.17, 15) is 29.1 Å². The number of hydrogen-bond donors (Lipinski definition) is 2. The third-order valence-corrected chi connectivity index (χ3v) is 6.63. The van der Waals surface area contributed by atoms with Gasteiger partial charge < -0.3 is 0 Å². The van der Waals surface area contributed by atoms with E-state index in [-0.39, 0.29) is 11.4 Å². The minimum atomic E-state index is -5.07. The first-order valence-corrected chi connectivity index (χ1v) is 12.7. The van der Waals surface area contributed by atoms with Gasteiger partial charge >= 0.3 is 10.2 Å². The van der Waals surface area contributed by atoms with Crippen LogP contribution in [-0.2, 0) is 30.3 Å². The van der Waals surface area contributed by atoms with Crippen LogP contribution in [0.1, 0.15) is 0 Å². The normalized spacial score (nSPS) is 12.6. The molecule has 0 aromatic heterocycles. The SMILES string of the molecule is CS(=O)(=O)Nc1cccc2c(NS(=O)(=O)c3cccc(S(=O)(=O)F)c3)cccc12. The first-order valence-electron chi connectivity index (χ1n) is 7.94. The Morgan fingerprint density at radius 2 is 1.17 bits per heavy atom. The van der Waals surface area contributed by atoms with Crippen molar-refractivity contribution in [3.05, 3.63) is 60.7 Å². The van der Waals surface area contributed by atoms with Crippen LogP contribution in [0.2, 0.25) is 0 Å². The van der Waals surface area contributed by atoms with Crippen molar-refractivity contribution in [1.82, 2.24) is 0 Å². The largest absolute Gasteiger partial charge is 0.332 e. The molecule has 3 aromatic carbocycles. The third kappa shape index (κ3) is 4.83. The van der Waals surface area contributed by atoms with E-state index < -0.39 is 40.1 Å². The molecule has 0 saturated carbocycles. The second kappa shape index (κ2) is 7.28. The predicted molar refractivity (Wildman–Crippen MR) is 108 cm³/mol. The molecule has 0 heterocycles. The van der Waals surface area contributed by atoms with Gasteiger partial charge in [0.25, 0.3) is 10.0 Å². The Hall–Kier alpha value is -2.70. The van der Waals surface area contributed by atoms with Crippen LogP contribution >= 0.6 is 0 Å². The Bertz CT molecular complexity index is 1420. The summed E-state index contributed by atoms with van der Waals surface area (Å²) in [6, 6.07) is 13.1. The summed E-state index contributed by atoms with van der Waals surface area (Å²) in [5.41, 5.74) is 0.393. The van der Waals surface area contributed by atoms with Crippen LogP contribution in [-0.4, -0.2) is 31.5 Å². The van der Waals surface area contributed by atoms with Crippen molar-refractivity contribution in [1.29, 1.82) is 0 Å². The van der Waals surface area contributed by atoms with Crippen molar-refractivity contribution < 1.29 is 29.1 Å². The summed E-state index contributed by atoms with van der Waals surface area (Å²) in [6.45, 7) is 0. The van der Waals surface area contributed by atoms with E-state index in [4.69, 9.17) is 0 Å². The molecular weight excluding hydrogens is 443 g/mol. The predicted octanol–water partition coefficient (Wildman–Crippen LogP) is 2.67. The molecule has 0 aliphatic rings. The summed E-state index contributed by atoms with van der Waals surface area (Å²) < 4.78 is 88.5. The summed E-state index contributed by atoms with van der Waals surface area (Å²) in [4.78, 5) is -1.23. The van der Waals surface area contributed by atoms with Gasteiger partial charge in [0, 0.05) is 10.8 Å². The van der Waals surface area contributed by atoms with E-state index in [0.717, 1.165) is 24.5 Å². The maximum absolute atomic E-state index is 13.2. The lowest BCUT2D eigenvalue weighted by Crippen LogP contribution is -2.14. The second-order valence-electron chi connectivity index (χ2n) is 6.10. The lowest BCUT2D eigenvalue weighted by molar-refractivity contribution is 0.551. The zero-order valence-electron chi connectivity index (χ0n) is 14.8. The number of fused-ring (bicyclic) bond motifs is 1. The Morgan fingerprint density at radius 1 is 0.690 bits per heavy atom. The Morgan fingerprint density at radius 3 is 1.69 bits per heavy atom. The van der Waals surface area contributed by atoms with Gasteiger partial charge in [0.05, 0.1) is 27.4 Å². The van der Waals surface area contributed by atoms with Crippen LogP contribution in [0.4, 0.5) is 15.3 Å². The van der Waals surface area contributed by atoms with Gasteiger partial charge in [0.15, 0.2) is 0 Å². The van der Waals surface area contributed by atoms with Crippen molar-refractivity contribution >= 4 is 52.4 Å². The molecule has 0 aliphatic carbocycles. The van der Waals surface area contributed by atoms with Crippen LogP contribution in [0.5, 0.6) is 0 Å². The van der Waals surface area contributed by atoms with Gasteiger partial charge in [-0.25, -0.2) is 16.8 Å². The molecule has 0 unspecified atom stereocenters. The molecule has 0 aliphatic heterocycles. The van der Waals surface area contributed by atoms with E-state index >= 15 is 0 Å². The molecule has 3 aromatic rings. The summed E-state index contributed by atoms with van der Waals surface area (Å²) in [5, 5.41) is 0.845. The van der Waals surface area contributed by atoms with E-state index in [1.807, 2.05) is 0 Å². The van der Waals surface area contributed by atoms with Crippen molar-refractivity contribution in [2.24, 2.45) is 0 Å². The maximum Gasteiger partial charge on any atom is 0.332 e. The zero-order valence-corrected chi connectivity index (χ0v) is 17.3. The summed E-state index contributed by atoms with van der Waals surface area (Å²) in [6.07, 6.45) is 0.990. The highest BCUT2D eigenvalue weighted by atomic mass is 32.3. The van der Waals surface area contributed by atoms with Gasteiger partial charge in [-0.15, -0.1) is 3.89 Å². The van der Waals surface area contributed by atoms with Crippen LogP contribution in [0, 0.1) is 0 Å². The topological polar surface area (TPSA) is 126 Å². The van der Waals surface area contributed by atoms with E-state index in [1.54, 1.807) is 18.2 Å². The van der Waals surface area contributed by atoms with Crippen molar-refractivity contribution in [3.63, 3.8) is 0 Å². The number of anilines is 2. The molecule has 29 heavy (non-hydrogen) atoms. The van der Waals surface area contributed by atoms with Gasteiger partial charge in [-0.05, 0) is 30.3 Å². The number of nitrogens with one attached hydrogen (secondary N) is 2. The van der Waals surface area contributed by atoms with Gasteiger partial charge in [-0.2, -0.15) is 8.42 Å². The first-order chi connectivity index (χ1) is 13.4. The number of benzene rings is 3. The molecule has 0 fully saturated rings. The standard InChI is InChI=1S/C17H15FN2O6S3/c1-27(21,22)19-16-9-3-8-15-14(16)7-4-10-17(15)20-29(25,26)13-6-2-5-12(11-13)28(18,23)24/h2-11,19-20H,1H3. The zero-order chi connectivity index (χ0) is 21.4. The average molecular weight is 459 g/mol. The summed E-state index contributed by atoms with van der Waals surface area (Å²) in [5.74, 6) is 0. The molecule has 12 heteroatoms. The summed E-state index contributed by atoms with van der Waals surface area (Å²) >= 11 is 0. The second-order valence-corrected chi connectivity index (χ2v) is 10.9. The molecule has 8 nitrogen and oxygen atoms in total. The molecule has 154 valence electrons. The highest BCUT2D eigenvalue weighted by Gasteiger charge is 2.20. The van der Waals surface area contributed by atoms with Crippen molar-refractivity contribution in [3.8, 4) is 0 Å². The maximum atomic E-state index is 13.2. The molecule has 0 radical (unpaired) electrons. The van der Waals surface area contributed by atoms with Crippen molar-refractivity contribution in [2.45, 2.75) is 9.79 Å². The lowest BCUT2D eigenvalue weighted by atomic mass is 10.1. The molecule has 0 amide bonds. The third-order valence-electron chi connectivity index (χ3n) is 3.86. The van der Waals surface area contributed by atoms with Gasteiger partial charge in [0.2, 0.25) is 10.0 Å². The van der Waals surface area contributed by atoms with Crippen molar-refractivity contribution in [2.75, 3.05) is 15.7 Å². The fourth-order valence-corrected chi connectivity index (χ4v) is 4.97. The smallest absolute Gasteiger partial charge is 0.283 e. The fourth-order valence-electron chi connectivity index (χ4n) is 2.68. The van der Waals surface area contributed by atoms with Gasteiger partial charge in [0.1, 0.15) is 0 Å². The first kappa shape index (κ1) is 21.0. The van der Waals surface area contributed by atoms with Gasteiger partial charge in [-0.1, -0.05) is 30.3 Å². The monoisotopic (exact) mass is 458 g/mol. The molecule has 0 spiro atoms. The van der Waals surface area contributed by atoms with Gasteiger partial charge in [-0.3, -0.25) is 9.44 Å². The Balaban J connectivity index is 2.08. The average Bonchev–Trinajstić information content (AvgIpc) is 2.60. The Kier molecular flexibility index (Phi) is 5.28. The van der Waals surface area contributed by atoms with Crippen LogP contribution < -0.4 is 9.44 Å². The molecule has 0 bridgehead atoms. The van der Waals surface area contributed by atoms with E-state index in [2.05, 4.69) is 9.44 Å². The highest BCUT2D eigenvalue weighted by molar-refractivity contribution is 7.93. The molecule has 0 saturated heterocycles. The van der Waals surface area contributed by atoms with E-state index in [0.29, 0.717) is 16.8 Å². The highest BCUT2D eigenvalue weighted by Crippen LogP contribution is 2.31. The lowest BCUT2D eigenvalue weighted by Gasteiger charge is -2.13. The Labute approximate surface area is 167 Å². The molecular formula is C17H15FN2O6S3. The fraction of sp³-hybridized carbons (Fsp3) is 0.0588. The number of halogens is 1. The quantitative estimate of drug-likeness (QED) is 0.547. The van der Waals surface area contributed by atoms with E-state index in [1.165, 1.54) is 18.2 Å². The summed E-state index contributed by atoms with van der Waals surface area (Å²) in [7, 11) is -12.9. The molecule has 2 N–H and O–H groups in total. The van der Waals surface area contributed by atoms with Crippen LogP contribution in [0.15, 0.2) is 70.5 Å². The minimum absolute atomic E-state index is 0.133. The number of rotatable bonds is 6. The number of hydrogen-bond acceptors (Lipinski definition) is 6. The van der Waals surface area contributed by atoms with Crippen LogP contribution in [0.3, 0.4) is 0 Å². The number of sulfonamides is 2. The van der Waals surface area contributed by atoms with Crippen LogP contribution in [0.25, 0.3) is 10.8 Å². The molecule has 0 atom stereocenters.